The van der Waals surface area contributed by atoms with Crippen molar-refractivity contribution in [2.75, 3.05) is 57.3 Å². The third-order valence-electron chi connectivity index (χ3n) is 8.51. The second-order valence-electron chi connectivity index (χ2n) is 14.4. The number of hydrogen-bond acceptors (Lipinski definition) is 7. The van der Waals surface area contributed by atoms with Gasteiger partial charge in [-0.3, -0.25) is 0 Å². The Balaban J connectivity index is 1.46. The van der Waals surface area contributed by atoms with Crippen molar-refractivity contribution in [1.29, 1.82) is 0 Å². The van der Waals surface area contributed by atoms with Crippen molar-refractivity contribution in [1.82, 2.24) is 19.4 Å². The maximum atomic E-state index is 12.8. The lowest BCUT2D eigenvalue weighted by Gasteiger charge is -2.27. The van der Waals surface area contributed by atoms with Crippen LogP contribution in [0.3, 0.4) is 0 Å². The molecule has 10 heteroatoms. The van der Waals surface area contributed by atoms with Gasteiger partial charge in [-0.25, -0.2) is 19.1 Å². The van der Waals surface area contributed by atoms with Gasteiger partial charge in [-0.15, -0.1) is 11.3 Å². The highest BCUT2D eigenvalue weighted by Gasteiger charge is 2.28. The topological polar surface area (TPSA) is 78.2 Å². The van der Waals surface area contributed by atoms with E-state index in [-0.39, 0.29) is 12.2 Å². The smallest absolute Gasteiger partial charge is 0.410 e. The summed E-state index contributed by atoms with van der Waals surface area (Å²) in [6, 6.07) is 9.17. The average Bonchev–Trinajstić information content (AvgIpc) is 3.39. The third kappa shape index (κ3) is 8.11. The molecule has 9 nitrogen and oxygen atoms in total. The Hall–Kier alpha value is -3.40. The van der Waals surface area contributed by atoms with Gasteiger partial charge in [-0.1, -0.05) is 13.8 Å². The van der Waals surface area contributed by atoms with Gasteiger partial charge >= 0.3 is 12.2 Å². The van der Waals surface area contributed by atoms with Gasteiger partial charge in [-0.05, 0) is 84.1 Å². The number of ether oxygens (including phenoxy) is 2. The number of fused-ring (bicyclic) bond motifs is 2. The Bertz CT molecular complexity index is 1620. The van der Waals surface area contributed by atoms with Crippen LogP contribution in [0.15, 0.2) is 24.3 Å². The number of amides is 2. The molecule has 2 amide bonds. The van der Waals surface area contributed by atoms with Crippen LogP contribution >= 0.6 is 11.3 Å². The van der Waals surface area contributed by atoms with Gasteiger partial charge in [0.05, 0.1) is 27.3 Å². The molecule has 0 radical (unpaired) electrons. The SMILES string of the molecule is CCc1cc(=[N+]2CCCN(C(=O)OC(C)(C)C)CC2)cc2sc3cc(N4CCCN(C(=O)OC(C)(C)C)CC4)cc(CC)c3nc1-2. The summed E-state index contributed by atoms with van der Waals surface area (Å²) < 4.78 is 14.9. The number of anilines is 1. The first kappa shape index (κ1) is 33.9. The van der Waals surface area contributed by atoms with Crippen molar-refractivity contribution in [2.24, 2.45) is 0 Å². The number of aryl methyl sites for hydroxylation is 2. The Labute approximate surface area is 278 Å². The van der Waals surface area contributed by atoms with E-state index in [1.54, 1.807) is 0 Å². The molecule has 2 fully saturated rings. The van der Waals surface area contributed by atoms with Gasteiger partial charge in [0.1, 0.15) is 17.7 Å². The molecular weight excluding hydrogens is 598 g/mol. The van der Waals surface area contributed by atoms with Gasteiger partial charge in [0.2, 0.25) is 5.36 Å². The highest BCUT2D eigenvalue weighted by Crippen LogP contribution is 2.36. The Morgan fingerprint density at radius 1 is 0.783 bits per heavy atom. The van der Waals surface area contributed by atoms with E-state index in [0.717, 1.165) is 63.1 Å². The fourth-order valence-corrected chi connectivity index (χ4v) is 7.36. The number of nitrogens with zero attached hydrogens (tertiary/aromatic N) is 5. The lowest BCUT2D eigenvalue weighted by molar-refractivity contribution is 0.0252. The molecule has 1 aliphatic carbocycles. The molecule has 2 saturated heterocycles. The van der Waals surface area contributed by atoms with Crippen LogP contribution in [-0.2, 0) is 22.3 Å². The van der Waals surface area contributed by atoms with E-state index in [2.05, 4.69) is 47.6 Å². The molecule has 0 spiro atoms. The molecule has 4 aliphatic rings. The highest BCUT2D eigenvalue weighted by atomic mass is 32.1. The van der Waals surface area contributed by atoms with E-state index in [0.29, 0.717) is 26.2 Å². The fraction of sp³-hybridized carbons (Fsp3) is 0.611. The van der Waals surface area contributed by atoms with Crippen LogP contribution in [0.1, 0.15) is 79.4 Å². The second kappa shape index (κ2) is 13.8. The van der Waals surface area contributed by atoms with E-state index >= 15 is 0 Å². The second-order valence-corrected chi connectivity index (χ2v) is 15.5. The zero-order valence-electron chi connectivity index (χ0n) is 29.1. The van der Waals surface area contributed by atoms with Crippen LogP contribution in [0.5, 0.6) is 0 Å². The van der Waals surface area contributed by atoms with Gasteiger partial charge < -0.3 is 24.2 Å². The van der Waals surface area contributed by atoms with Crippen molar-refractivity contribution in [3.8, 4) is 10.6 Å². The Kier molecular flexibility index (Phi) is 10.2. The minimum absolute atomic E-state index is 0.232. The normalized spacial score (nSPS) is 18.0. The van der Waals surface area contributed by atoms with Crippen LogP contribution in [0, 0.1) is 0 Å². The molecular formula is C36H52N5O4S+. The molecule has 0 bridgehead atoms. The Morgan fingerprint density at radius 2 is 1.43 bits per heavy atom. The number of carbonyl (C=O) groups excluding carboxylic acids is 2. The van der Waals surface area contributed by atoms with Crippen molar-refractivity contribution >= 4 is 39.4 Å². The zero-order chi connectivity index (χ0) is 33.2. The summed E-state index contributed by atoms with van der Waals surface area (Å²) >= 11 is 1.82. The maximum Gasteiger partial charge on any atom is 0.410 e. The van der Waals surface area contributed by atoms with Gasteiger partial charge in [0.25, 0.3) is 0 Å². The third-order valence-corrected chi connectivity index (χ3v) is 9.57. The van der Waals surface area contributed by atoms with Crippen molar-refractivity contribution in [3.05, 3.63) is 40.7 Å². The van der Waals surface area contributed by atoms with E-state index < -0.39 is 11.2 Å². The Morgan fingerprint density at radius 3 is 2.09 bits per heavy atom. The molecule has 3 aliphatic heterocycles. The lowest BCUT2D eigenvalue weighted by atomic mass is 10.1. The molecule has 0 unspecified atom stereocenters. The summed E-state index contributed by atoms with van der Waals surface area (Å²) in [5.41, 5.74) is 4.85. The number of rotatable bonds is 3. The van der Waals surface area contributed by atoms with Gasteiger partial charge in [-0.2, -0.15) is 0 Å². The van der Waals surface area contributed by atoms with E-state index in [1.165, 1.54) is 31.7 Å². The number of hydrogen-bond donors (Lipinski definition) is 0. The molecule has 5 rings (SSSR count). The molecule has 0 atom stereocenters. The van der Waals surface area contributed by atoms with Gasteiger partial charge in [0.15, 0.2) is 6.54 Å². The zero-order valence-corrected chi connectivity index (χ0v) is 29.9. The number of aromatic nitrogens is 1. The molecule has 3 heterocycles. The van der Waals surface area contributed by atoms with Crippen LogP contribution in [0.25, 0.3) is 20.8 Å². The predicted molar refractivity (Wildman–Crippen MR) is 187 cm³/mol. The largest absolute Gasteiger partial charge is 0.444 e. The maximum absolute atomic E-state index is 12.8. The minimum Gasteiger partial charge on any atom is -0.444 e. The number of benzene rings is 2. The van der Waals surface area contributed by atoms with Crippen molar-refractivity contribution < 1.29 is 19.1 Å². The standard InChI is InChI=1S/C36H52N5O4S/c1-9-25-21-27(38-13-11-15-40(19-17-38)33(42)44-35(3,4)5)23-29-31(25)37-32-26(10-2)22-28(24-30(32)46-29)39-14-12-16-41(20-18-39)34(43)45-36(6,7)8/h21-24H,9-20H2,1-8H3/q+1. The molecule has 1 aromatic rings. The molecule has 0 aromatic heterocycles. The molecule has 0 saturated carbocycles. The number of carbonyl (C=O) groups is 2. The van der Waals surface area contributed by atoms with E-state index in [4.69, 9.17) is 14.5 Å². The van der Waals surface area contributed by atoms with Crippen LogP contribution in [0.4, 0.5) is 15.3 Å². The van der Waals surface area contributed by atoms with Crippen LogP contribution in [0.2, 0.25) is 0 Å². The predicted octanol–water partition coefficient (Wildman–Crippen LogP) is 6.39. The summed E-state index contributed by atoms with van der Waals surface area (Å²) in [5, 5.41) is 1.19. The summed E-state index contributed by atoms with van der Waals surface area (Å²) in [7, 11) is 0. The first-order chi connectivity index (χ1) is 21.7. The van der Waals surface area contributed by atoms with E-state index in [1.807, 2.05) is 62.7 Å². The summed E-state index contributed by atoms with van der Waals surface area (Å²) in [4.78, 5) is 38.1. The molecule has 46 heavy (non-hydrogen) atoms. The summed E-state index contributed by atoms with van der Waals surface area (Å²) in [6.07, 6.45) is 3.11. The van der Waals surface area contributed by atoms with E-state index in [9.17, 15) is 9.59 Å². The first-order valence-electron chi connectivity index (χ1n) is 16.9. The van der Waals surface area contributed by atoms with Crippen LogP contribution < -0.4 is 14.8 Å². The molecule has 1 aromatic carbocycles. The van der Waals surface area contributed by atoms with Crippen molar-refractivity contribution in [2.45, 2.75) is 92.3 Å². The lowest BCUT2D eigenvalue weighted by Crippen LogP contribution is -2.39. The fourth-order valence-electron chi connectivity index (χ4n) is 6.21. The molecule has 0 N–H and O–H groups in total. The first-order valence-corrected chi connectivity index (χ1v) is 17.8. The van der Waals surface area contributed by atoms with Crippen molar-refractivity contribution in [3.63, 3.8) is 0 Å². The van der Waals surface area contributed by atoms with Gasteiger partial charge in [0, 0.05) is 57.0 Å². The minimum atomic E-state index is -0.500. The molecule has 250 valence electrons. The highest BCUT2D eigenvalue weighted by molar-refractivity contribution is 7.21. The summed E-state index contributed by atoms with van der Waals surface area (Å²) in [6.45, 7) is 21.8. The average molecular weight is 651 g/mol. The van der Waals surface area contributed by atoms with Crippen LogP contribution in [-0.4, -0.2) is 90.5 Å². The summed E-state index contributed by atoms with van der Waals surface area (Å²) in [5.74, 6) is 0. The quantitative estimate of drug-likeness (QED) is 0.242. The monoisotopic (exact) mass is 650 g/mol.